The Kier molecular flexibility index (Phi) is 3.16. The molecular formula is C15H16N2O4. The summed E-state index contributed by atoms with van der Waals surface area (Å²) in [6.07, 6.45) is 4.23. The van der Waals surface area contributed by atoms with Gasteiger partial charge in [-0.3, -0.25) is 20.4 Å². The van der Waals surface area contributed by atoms with Gasteiger partial charge in [0.15, 0.2) is 0 Å². The van der Waals surface area contributed by atoms with E-state index < -0.39 is 11.9 Å². The van der Waals surface area contributed by atoms with Crippen LogP contribution in [0.2, 0.25) is 0 Å². The van der Waals surface area contributed by atoms with Crippen LogP contribution in [0.4, 0.5) is 0 Å². The highest BCUT2D eigenvalue weighted by molar-refractivity contribution is 6.05. The molecule has 1 unspecified atom stereocenters. The molecule has 2 fully saturated rings. The maximum atomic E-state index is 12.0. The van der Waals surface area contributed by atoms with Crippen LogP contribution in [0.25, 0.3) is 0 Å². The van der Waals surface area contributed by atoms with Gasteiger partial charge in [-0.05, 0) is 36.8 Å². The number of carboxylic acids is 1. The van der Waals surface area contributed by atoms with E-state index in [0.29, 0.717) is 0 Å². The van der Waals surface area contributed by atoms with E-state index in [1.165, 1.54) is 18.6 Å². The summed E-state index contributed by atoms with van der Waals surface area (Å²) < 4.78 is 0. The van der Waals surface area contributed by atoms with Gasteiger partial charge in [-0.25, -0.2) is 4.79 Å². The first-order chi connectivity index (χ1) is 10.0. The molecule has 1 atom stereocenters. The van der Waals surface area contributed by atoms with Gasteiger partial charge in [0.2, 0.25) is 5.91 Å². The first kappa shape index (κ1) is 13.6. The zero-order valence-corrected chi connectivity index (χ0v) is 11.4. The van der Waals surface area contributed by atoms with Gasteiger partial charge in [0.05, 0.1) is 11.1 Å². The van der Waals surface area contributed by atoms with Crippen LogP contribution in [-0.2, 0) is 4.79 Å². The van der Waals surface area contributed by atoms with Crippen molar-refractivity contribution in [1.29, 1.82) is 0 Å². The molecule has 1 aromatic carbocycles. The lowest BCUT2D eigenvalue weighted by molar-refractivity contribution is -0.124. The molecule has 0 radical (unpaired) electrons. The van der Waals surface area contributed by atoms with E-state index >= 15 is 0 Å². The van der Waals surface area contributed by atoms with Gasteiger partial charge in [-0.1, -0.05) is 18.6 Å². The maximum absolute atomic E-state index is 12.0. The number of nitrogens with one attached hydrogen (secondary N) is 2. The third kappa shape index (κ3) is 2.37. The largest absolute Gasteiger partial charge is 0.478 e. The SMILES string of the molecule is O=C(O)c1ccccc1C(=O)NNC(=O)C1CC12CCC2. The Morgan fingerprint density at radius 2 is 1.76 bits per heavy atom. The lowest BCUT2D eigenvalue weighted by Crippen LogP contribution is -2.44. The van der Waals surface area contributed by atoms with E-state index in [2.05, 4.69) is 10.9 Å². The average Bonchev–Trinajstić information content (AvgIpc) is 3.20. The fourth-order valence-electron chi connectivity index (χ4n) is 3.04. The lowest BCUT2D eigenvalue weighted by atomic mass is 9.80. The Hall–Kier alpha value is -2.37. The third-order valence-electron chi connectivity index (χ3n) is 4.56. The van der Waals surface area contributed by atoms with E-state index in [-0.39, 0.29) is 28.4 Å². The summed E-state index contributed by atoms with van der Waals surface area (Å²) in [5.41, 5.74) is 4.82. The number of aromatic carboxylic acids is 1. The number of carbonyl (C=O) groups excluding carboxylic acids is 2. The second kappa shape index (κ2) is 4.87. The highest BCUT2D eigenvalue weighted by atomic mass is 16.4. The molecule has 110 valence electrons. The number of hydrazine groups is 1. The van der Waals surface area contributed by atoms with E-state index in [0.717, 1.165) is 19.3 Å². The van der Waals surface area contributed by atoms with Crippen LogP contribution >= 0.6 is 0 Å². The van der Waals surface area contributed by atoms with Gasteiger partial charge in [-0.2, -0.15) is 0 Å². The summed E-state index contributed by atoms with van der Waals surface area (Å²) >= 11 is 0. The molecule has 2 aliphatic rings. The molecule has 3 N–H and O–H groups in total. The number of hydrogen-bond acceptors (Lipinski definition) is 3. The van der Waals surface area contributed by atoms with E-state index in [1.807, 2.05) is 0 Å². The van der Waals surface area contributed by atoms with Crippen molar-refractivity contribution in [3.05, 3.63) is 35.4 Å². The van der Waals surface area contributed by atoms with Crippen LogP contribution < -0.4 is 10.9 Å². The smallest absolute Gasteiger partial charge is 0.336 e. The summed E-state index contributed by atoms with van der Waals surface area (Å²) in [4.78, 5) is 34.9. The minimum Gasteiger partial charge on any atom is -0.478 e. The van der Waals surface area contributed by atoms with Crippen LogP contribution in [0.5, 0.6) is 0 Å². The molecule has 0 saturated heterocycles. The van der Waals surface area contributed by atoms with Crippen molar-refractivity contribution in [2.24, 2.45) is 11.3 Å². The van der Waals surface area contributed by atoms with Crippen molar-refractivity contribution >= 4 is 17.8 Å². The van der Waals surface area contributed by atoms with Crippen LogP contribution in [0.15, 0.2) is 24.3 Å². The van der Waals surface area contributed by atoms with Crippen molar-refractivity contribution in [2.75, 3.05) is 0 Å². The molecule has 2 saturated carbocycles. The van der Waals surface area contributed by atoms with Gasteiger partial charge < -0.3 is 5.11 Å². The molecule has 6 heteroatoms. The summed E-state index contributed by atoms with van der Waals surface area (Å²) in [5.74, 6) is -2.00. The Labute approximate surface area is 121 Å². The van der Waals surface area contributed by atoms with E-state index in [1.54, 1.807) is 12.1 Å². The van der Waals surface area contributed by atoms with Crippen LogP contribution in [0, 0.1) is 11.3 Å². The Morgan fingerprint density at radius 3 is 2.29 bits per heavy atom. The molecule has 0 aliphatic heterocycles. The molecule has 3 rings (SSSR count). The van der Waals surface area contributed by atoms with Crippen molar-refractivity contribution in [3.8, 4) is 0 Å². The zero-order valence-electron chi connectivity index (χ0n) is 11.4. The molecule has 1 aromatic rings. The number of carbonyl (C=O) groups is 3. The Balaban J connectivity index is 1.60. The molecule has 1 spiro atoms. The topological polar surface area (TPSA) is 95.5 Å². The minimum atomic E-state index is -1.18. The number of carboxylic acid groups (broad SMARTS) is 1. The van der Waals surface area contributed by atoms with Gasteiger partial charge in [0.25, 0.3) is 5.91 Å². The molecule has 2 aliphatic carbocycles. The van der Waals surface area contributed by atoms with Gasteiger partial charge >= 0.3 is 5.97 Å². The van der Waals surface area contributed by atoms with Crippen molar-refractivity contribution in [3.63, 3.8) is 0 Å². The van der Waals surface area contributed by atoms with Gasteiger partial charge in [0, 0.05) is 5.92 Å². The molecular weight excluding hydrogens is 272 g/mol. The fourth-order valence-corrected chi connectivity index (χ4v) is 3.04. The molecule has 6 nitrogen and oxygen atoms in total. The first-order valence-corrected chi connectivity index (χ1v) is 6.96. The predicted octanol–water partition coefficient (Wildman–Crippen LogP) is 1.34. The normalized spacial score (nSPS) is 21.2. The molecule has 0 heterocycles. The van der Waals surface area contributed by atoms with Crippen LogP contribution in [0.3, 0.4) is 0 Å². The number of rotatable bonds is 3. The van der Waals surface area contributed by atoms with Crippen LogP contribution in [-0.4, -0.2) is 22.9 Å². The minimum absolute atomic E-state index is 0.0127. The zero-order chi connectivity index (χ0) is 15.0. The van der Waals surface area contributed by atoms with E-state index in [4.69, 9.17) is 5.11 Å². The number of amides is 2. The summed E-state index contributed by atoms with van der Waals surface area (Å²) in [5, 5.41) is 9.03. The van der Waals surface area contributed by atoms with Crippen molar-refractivity contribution in [1.82, 2.24) is 10.9 Å². The summed E-state index contributed by atoms with van der Waals surface area (Å²) in [6, 6.07) is 5.88. The Morgan fingerprint density at radius 1 is 1.10 bits per heavy atom. The third-order valence-corrected chi connectivity index (χ3v) is 4.56. The monoisotopic (exact) mass is 288 g/mol. The Bertz CT molecular complexity index is 622. The first-order valence-electron chi connectivity index (χ1n) is 6.96. The summed E-state index contributed by atoms with van der Waals surface area (Å²) in [6.45, 7) is 0. The fraction of sp³-hybridized carbons (Fsp3) is 0.400. The maximum Gasteiger partial charge on any atom is 0.336 e. The molecule has 21 heavy (non-hydrogen) atoms. The molecule has 0 aromatic heterocycles. The second-order valence-corrected chi connectivity index (χ2v) is 5.77. The highest BCUT2D eigenvalue weighted by Crippen LogP contribution is 2.65. The average molecular weight is 288 g/mol. The number of benzene rings is 1. The lowest BCUT2D eigenvalue weighted by Gasteiger charge is -2.26. The quantitative estimate of drug-likeness (QED) is 0.731. The number of hydrogen-bond donors (Lipinski definition) is 3. The second-order valence-electron chi connectivity index (χ2n) is 5.77. The predicted molar refractivity (Wildman–Crippen MR) is 73.4 cm³/mol. The standard InChI is InChI=1S/C15H16N2O4/c18-12(9-4-1-2-5-10(9)14(20)21)16-17-13(19)11-8-15(11)6-3-7-15/h1-2,4-5,11H,3,6-8H2,(H,16,18)(H,17,19)(H,20,21). The van der Waals surface area contributed by atoms with Gasteiger partial charge in [0.1, 0.15) is 0 Å². The van der Waals surface area contributed by atoms with Gasteiger partial charge in [-0.15, -0.1) is 0 Å². The highest BCUT2D eigenvalue weighted by Gasteiger charge is 2.60. The molecule has 2 amide bonds. The van der Waals surface area contributed by atoms with E-state index in [9.17, 15) is 14.4 Å². The summed E-state index contributed by atoms with van der Waals surface area (Å²) in [7, 11) is 0. The van der Waals surface area contributed by atoms with Crippen molar-refractivity contribution < 1.29 is 19.5 Å². The molecule has 0 bridgehead atoms. The van der Waals surface area contributed by atoms with Crippen molar-refractivity contribution in [2.45, 2.75) is 25.7 Å². The van der Waals surface area contributed by atoms with Crippen LogP contribution in [0.1, 0.15) is 46.4 Å².